The van der Waals surface area contributed by atoms with Gasteiger partial charge in [0.05, 0.1) is 6.04 Å². The lowest BCUT2D eigenvalue weighted by Gasteiger charge is -2.36. The summed E-state index contributed by atoms with van der Waals surface area (Å²) in [6.07, 6.45) is 5.12. The van der Waals surface area contributed by atoms with Gasteiger partial charge in [0.25, 0.3) is 0 Å². The summed E-state index contributed by atoms with van der Waals surface area (Å²) in [5, 5.41) is 0. The van der Waals surface area contributed by atoms with Crippen molar-refractivity contribution in [3.8, 4) is 6.01 Å². The zero-order chi connectivity index (χ0) is 21.0. The van der Waals surface area contributed by atoms with Crippen molar-refractivity contribution in [3.05, 3.63) is 30.1 Å². The average molecular weight is 422 g/mol. The largest absolute Gasteiger partial charge is 0.454 e. The van der Waals surface area contributed by atoms with E-state index in [0.29, 0.717) is 18.4 Å². The lowest BCUT2D eigenvalue weighted by Crippen LogP contribution is -2.36. The van der Waals surface area contributed by atoms with Gasteiger partial charge in [0.15, 0.2) is 6.61 Å². The van der Waals surface area contributed by atoms with E-state index in [2.05, 4.69) is 19.9 Å². The minimum absolute atomic E-state index is 0.0134. The Balaban J connectivity index is 1.67. The lowest BCUT2D eigenvalue weighted by atomic mass is 9.97. The first kappa shape index (κ1) is 20.6. The third kappa shape index (κ3) is 5.09. The maximum atomic E-state index is 12.7. The number of piperidine rings is 2. The summed E-state index contributed by atoms with van der Waals surface area (Å²) in [5.74, 6) is 0.740. The van der Waals surface area contributed by atoms with Gasteiger partial charge in [-0.2, -0.15) is 28.1 Å². The van der Waals surface area contributed by atoms with Crippen LogP contribution in [0.3, 0.4) is 0 Å². The van der Waals surface area contributed by atoms with Gasteiger partial charge in [-0.1, -0.05) is 6.07 Å². The molecule has 2 aromatic rings. The summed E-state index contributed by atoms with van der Waals surface area (Å²) < 4.78 is 43.1. The van der Waals surface area contributed by atoms with E-state index in [4.69, 9.17) is 4.74 Å². The molecule has 0 amide bonds. The van der Waals surface area contributed by atoms with Crippen molar-refractivity contribution in [2.75, 3.05) is 36.0 Å². The Kier molecular flexibility index (Phi) is 6.19. The van der Waals surface area contributed by atoms with Crippen molar-refractivity contribution >= 4 is 11.9 Å². The fourth-order valence-corrected chi connectivity index (χ4v) is 4.00. The zero-order valence-corrected chi connectivity index (χ0v) is 16.7. The van der Waals surface area contributed by atoms with Gasteiger partial charge in [0, 0.05) is 32.0 Å². The minimum Gasteiger partial charge on any atom is -0.454 e. The first-order chi connectivity index (χ1) is 14.5. The number of aromatic nitrogens is 4. The lowest BCUT2D eigenvalue weighted by molar-refractivity contribution is -0.154. The van der Waals surface area contributed by atoms with Crippen LogP contribution >= 0.6 is 0 Å². The normalized spacial score (nSPS) is 20.3. The van der Waals surface area contributed by atoms with Gasteiger partial charge in [-0.05, 0) is 50.2 Å². The number of alkyl halides is 3. The highest BCUT2D eigenvalue weighted by molar-refractivity contribution is 5.43. The van der Waals surface area contributed by atoms with Crippen LogP contribution in [0.5, 0.6) is 6.01 Å². The molecule has 4 rings (SSSR count). The van der Waals surface area contributed by atoms with Crippen LogP contribution < -0.4 is 14.5 Å². The smallest absolute Gasteiger partial charge is 0.422 e. The van der Waals surface area contributed by atoms with Crippen LogP contribution in [-0.2, 0) is 0 Å². The van der Waals surface area contributed by atoms with Gasteiger partial charge in [-0.25, -0.2) is 0 Å². The molecule has 0 unspecified atom stereocenters. The van der Waals surface area contributed by atoms with Gasteiger partial charge < -0.3 is 14.5 Å². The first-order valence-electron chi connectivity index (χ1n) is 10.4. The van der Waals surface area contributed by atoms with Gasteiger partial charge in [-0.3, -0.25) is 4.98 Å². The molecular formula is C20H25F3N6O. The zero-order valence-electron chi connectivity index (χ0n) is 16.7. The van der Waals surface area contributed by atoms with Crippen LogP contribution in [0.25, 0.3) is 0 Å². The number of hydrogen-bond donors (Lipinski definition) is 0. The van der Waals surface area contributed by atoms with Crippen LogP contribution in [-0.4, -0.2) is 52.4 Å². The minimum atomic E-state index is -4.46. The molecule has 2 aliphatic rings. The monoisotopic (exact) mass is 422 g/mol. The second-order valence-corrected chi connectivity index (χ2v) is 7.66. The number of nitrogens with zero attached hydrogens (tertiary/aromatic N) is 6. The maximum absolute atomic E-state index is 12.7. The van der Waals surface area contributed by atoms with Crippen LogP contribution in [0.4, 0.5) is 25.1 Å². The molecule has 30 heavy (non-hydrogen) atoms. The van der Waals surface area contributed by atoms with Crippen molar-refractivity contribution < 1.29 is 17.9 Å². The Morgan fingerprint density at radius 1 is 0.967 bits per heavy atom. The molecule has 2 aliphatic heterocycles. The predicted octanol–water partition coefficient (Wildman–Crippen LogP) is 3.93. The summed E-state index contributed by atoms with van der Waals surface area (Å²) in [6, 6.07) is 3.61. The fraction of sp³-hybridized carbons (Fsp3) is 0.600. The predicted molar refractivity (Wildman–Crippen MR) is 106 cm³/mol. The quantitative estimate of drug-likeness (QED) is 0.723. The summed E-state index contributed by atoms with van der Waals surface area (Å²) >= 11 is 0. The Hall–Kier alpha value is -2.65. The second kappa shape index (κ2) is 9.01. The van der Waals surface area contributed by atoms with E-state index < -0.39 is 12.8 Å². The van der Waals surface area contributed by atoms with Crippen molar-refractivity contribution in [2.45, 2.75) is 50.7 Å². The molecule has 2 saturated heterocycles. The van der Waals surface area contributed by atoms with E-state index in [1.54, 1.807) is 6.20 Å². The van der Waals surface area contributed by atoms with Crippen molar-refractivity contribution in [3.63, 3.8) is 0 Å². The number of ether oxygens (including phenoxy) is 1. The molecule has 162 valence electrons. The Morgan fingerprint density at radius 3 is 2.47 bits per heavy atom. The van der Waals surface area contributed by atoms with Crippen LogP contribution in [0.15, 0.2) is 24.5 Å². The summed E-state index contributed by atoms with van der Waals surface area (Å²) in [6.45, 7) is 0.825. The maximum Gasteiger partial charge on any atom is 0.422 e. The standard InChI is InChI=1S/C20H25F3N6O/c21-20(22,23)14-30-19-26-17(28-10-3-1-4-11-28)25-18(27-19)29-12-5-2-8-16(29)15-7-6-9-24-13-15/h6-7,9,13,16H,1-5,8,10-12,14H2/t16-/m0/s1. The molecule has 1 atom stereocenters. The molecule has 0 radical (unpaired) electrons. The van der Waals surface area contributed by atoms with Crippen LogP contribution in [0.2, 0.25) is 0 Å². The van der Waals surface area contributed by atoms with Crippen molar-refractivity contribution in [2.24, 2.45) is 0 Å². The number of pyridine rings is 1. The second-order valence-electron chi connectivity index (χ2n) is 7.66. The molecule has 10 heteroatoms. The van der Waals surface area contributed by atoms with E-state index in [-0.39, 0.29) is 12.1 Å². The SMILES string of the molecule is FC(F)(F)COc1nc(N2CCCCC2)nc(N2CCCC[C@H]2c2cccnc2)n1. The molecule has 4 heterocycles. The molecular weight excluding hydrogens is 397 g/mol. The highest BCUT2D eigenvalue weighted by Crippen LogP contribution is 2.34. The molecule has 0 saturated carbocycles. The molecule has 7 nitrogen and oxygen atoms in total. The van der Waals surface area contributed by atoms with E-state index >= 15 is 0 Å². The van der Waals surface area contributed by atoms with E-state index in [9.17, 15) is 13.2 Å². The highest BCUT2D eigenvalue weighted by atomic mass is 19.4. The average Bonchev–Trinajstić information content (AvgIpc) is 2.78. The highest BCUT2D eigenvalue weighted by Gasteiger charge is 2.31. The number of halogens is 3. The number of hydrogen-bond acceptors (Lipinski definition) is 7. The summed E-state index contributed by atoms with van der Waals surface area (Å²) in [7, 11) is 0. The Bertz CT molecular complexity index is 829. The fourth-order valence-electron chi connectivity index (χ4n) is 4.00. The summed E-state index contributed by atoms with van der Waals surface area (Å²) in [5.41, 5.74) is 1.04. The van der Waals surface area contributed by atoms with E-state index in [0.717, 1.165) is 57.2 Å². The molecule has 0 N–H and O–H groups in total. The molecule has 0 spiro atoms. The van der Waals surface area contributed by atoms with Crippen LogP contribution in [0, 0.1) is 0 Å². The Labute approximate surface area is 173 Å². The van der Waals surface area contributed by atoms with Crippen LogP contribution in [0.1, 0.15) is 50.1 Å². The van der Waals surface area contributed by atoms with Crippen molar-refractivity contribution in [1.82, 2.24) is 19.9 Å². The molecule has 2 fully saturated rings. The van der Waals surface area contributed by atoms with Gasteiger partial charge in [0.1, 0.15) is 0 Å². The Morgan fingerprint density at radius 2 is 1.73 bits per heavy atom. The summed E-state index contributed by atoms with van der Waals surface area (Å²) in [4.78, 5) is 21.4. The third-order valence-electron chi connectivity index (χ3n) is 5.42. The topological polar surface area (TPSA) is 67.3 Å². The molecule has 0 aromatic carbocycles. The van der Waals surface area contributed by atoms with Gasteiger partial charge in [0.2, 0.25) is 11.9 Å². The molecule has 2 aromatic heterocycles. The van der Waals surface area contributed by atoms with Crippen molar-refractivity contribution in [1.29, 1.82) is 0 Å². The molecule has 0 aliphatic carbocycles. The molecule has 0 bridgehead atoms. The third-order valence-corrected chi connectivity index (χ3v) is 5.42. The number of rotatable bonds is 5. The van der Waals surface area contributed by atoms with Gasteiger partial charge in [-0.15, -0.1) is 0 Å². The van der Waals surface area contributed by atoms with E-state index in [1.165, 1.54) is 0 Å². The van der Waals surface area contributed by atoms with E-state index in [1.807, 2.05) is 28.1 Å². The first-order valence-corrected chi connectivity index (χ1v) is 10.4. The van der Waals surface area contributed by atoms with Gasteiger partial charge >= 0.3 is 12.2 Å². The number of anilines is 2.